The quantitative estimate of drug-likeness (QED) is 0.663. The Hall–Kier alpha value is -1.74. The molecular weight excluding hydrogens is 274 g/mol. The first-order valence-electron chi connectivity index (χ1n) is 6.70. The number of hydrogen-bond acceptors (Lipinski definition) is 5. The molecule has 6 heteroatoms. The molecule has 20 heavy (non-hydrogen) atoms. The van der Waals surface area contributed by atoms with E-state index in [1.54, 1.807) is 6.07 Å². The third kappa shape index (κ3) is 3.42. The summed E-state index contributed by atoms with van der Waals surface area (Å²) in [4.78, 5) is 10.6. The molecule has 1 aliphatic rings. The molecule has 5 nitrogen and oxygen atoms in total. The number of rotatable bonds is 5. The lowest BCUT2D eigenvalue weighted by molar-refractivity contribution is -0.384. The van der Waals surface area contributed by atoms with Gasteiger partial charge in [0, 0.05) is 17.4 Å². The molecule has 2 atom stereocenters. The van der Waals surface area contributed by atoms with E-state index >= 15 is 0 Å². The maximum atomic E-state index is 11.0. The highest BCUT2D eigenvalue weighted by Crippen LogP contribution is 2.34. The molecule has 1 saturated carbocycles. The number of nitriles is 1. The number of nitrogens with one attached hydrogen (secondary N) is 1. The van der Waals surface area contributed by atoms with Gasteiger partial charge in [0.15, 0.2) is 0 Å². The van der Waals surface area contributed by atoms with E-state index in [0.717, 1.165) is 25.0 Å². The van der Waals surface area contributed by atoms with Crippen molar-refractivity contribution in [2.45, 2.75) is 37.5 Å². The zero-order valence-electron chi connectivity index (χ0n) is 11.3. The summed E-state index contributed by atoms with van der Waals surface area (Å²) < 4.78 is 0. The highest BCUT2D eigenvalue weighted by Gasteiger charge is 2.26. The van der Waals surface area contributed by atoms with Crippen LogP contribution in [0.25, 0.3) is 0 Å². The summed E-state index contributed by atoms with van der Waals surface area (Å²) in [5.41, 5.74) is 0.937. The number of thioether (sulfide) groups is 1. The molecule has 1 aromatic rings. The van der Waals surface area contributed by atoms with E-state index in [1.807, 2.05) is 17.8 Å². The van der Waals surface area contributed by atoms with Crippen LogP contribution >= 0.6 is 11.8 Å². The predicted molar refractivity (Wildman–Crippen MR) is 81.0 cm³/mol. The molecule has 0 aromatic heterocycles. The number of benzene rings is 1. The zero-order valence-corrected chi connectivity index (χ0v) is 12.2. The topological polar surface area (TPSA) is 79.0 Å². The van der Waals surface area contributed by atoms with Gasteiger partial charge in [-0.25, -0.2) is 0 Å². The third-order valence-corrected chi connectivity index (χ3v) is 4.70. The van der Waals surface area contributed by atoms with Crippen molar-refractivity contribution in [3.63, 3.8) is 0 Å². The minimum atomic E-state index is -0.406. The average molecular weight is 291 g/mol. The van der Waals surface area contributed by atoms with Gasteiger partial charge >= 0.3 is 0 Å². The molecule has 0 saturated heterocycles. The van der Waals surface area contributed by atoms with E-state index in [2.05, 4.69) is 12.2 Å². The summed E-state index contributed by atoms with van der Waals surface area (Å²) in [5.74, 6) is 1.10. The molecule has 1 N–H and O–H groups in total. The fraction of sp³-hybridized carbons (Fsp3) is 0.500. The van der Waals surface area contributed by atoms with E-state index in [9.17, 15) is 10.1 Å². The molecule has 0 radical (unpaired) electrons. The van der Waals surface area contributed by atoms with E-state index in [-0.39, 0.29) is 11.7 Å². The minimum Gasteiger partial charge on any atom is -0.377 e. The number of nitrogens with zero attached hydrogens (tertiary/aromatic N) is 2. The van der Waals surface area contributed by atoms with Crippen molar-refractivity contribution >= 4 is 23.1 Å². The van der Waals surface area contributed by atoms with Crippen LogP contribution in [-0.4, -0.2) is 22.0 Å². The summed E-state index contributed by atoms with van der Waals surface area (Å²) in [7, 11) is 0. The Bertz CT molecular complexity index is 542. The van der Waals surface area contributed by atoms with E-state index < -0.39 is 4.92 Å². The Morgan fingerprint density at radius 2 is 2.35 bits per heavy atom. The van der Waals surface area contributed by atoms with Gasteiger partial charge in [-0.3, -0.25) is 10.1 Å². The largest absolute Gasteiger partial charge is 0.377 e. The summed E-state index contributed by atoms with van der Waals surface area (Å²) in [6.45, 7) is 2.15. The van der Waals surface area contributed by atoms with Crippen LogP contribution in [0.3, 0.4) is 0 Å². The second kappa shape index (κ2) is 6.62. The fourth-order valence-corrected chi connectivity index (χ4v) is 3.70. The summed E-state index contributed by atoms with van der Waals surface area (Å²) in [6, 6.07) is 6.72. The summed E-state index contributed by atoms with van der Waals surface area (Å²) in [5, 5.41) is 23.8. The van der Waals surface area contributed by atoms with Crippen molar-refractivity contribution in [2.75, 3.05) is 11.1 Å². The first kappa shape index (κ1) is 14.7. The van der Waals surface area contributed by atoms with Crippen LogP contribution in [0.5, 0.6) is 0 Å². The summed E-state index contributed by atoms with van der Waals surface area (Å²) in [6.07, 6.45) is 3.18. The zero-order chi connectivity index (χ0) is 14.5. The van der Waals surface area contributed by atoms with Crippen LogP contribution in [0.15, 0.2) is 18.2 Å². The number of nitro groups is 1. The molecule has 0 spiro atoms. The lowest BCUT2D eigenvalue weighted by atomic mass is 10.1. The highest BCUT2D eigenvalue weighted by atomic mass is 32.2. The standard InChI is InChI=1S/C14H17N3O2S/c1-2-20-12-5-4-11(8-12)16-13-7-10(9-15)3-6-14(13)17(18)19/h3,6-7,11-12,16H,2,4-5,8H2,1H3. The van der Waals surface area contributed by atoms with Gasteiger partial charge in [0.05, 0.1) is 16.6 Å². The van der Waals surface area contributed by atoms with Crippen molar-refractivity contribution in [3.8, 4) is 6.07 Å². The highest BCUT2D eigenvalue weighted by molar-refractivity contribution is 7.99. The molecule has 106 valence electrons. The van der Waals surface area contributed by atoms with Crippen LogP contribution in [-0.2, 0) is 0 Å². The number of hydrogen-bond donors (Lipinski definition) is 1. The minimum absolute atomic E-state index is 0.0376. The lowest BCUT2D eigenvalue weighted by Gasteiger charge is -2.14. The molecule has 1 aliphatic carbocycles. The lowest BCUT2D eigenvalue weighted by Crippen LogP contribution is -2.17. The first-order chi connectivity index (χ1) is 9.63. The smallest absolute Gasteiger partial charge is 0.292 e. The second-order valence-electron chi connectivity index (χ2n) is 4.83. The molecule has 1 fully saturated rings. The van der Waals surface area contributed by atoms with E-state index in [4.69, 9.17) is 5.26 Å². The maximum Gasteiger partial charge on any atom is 0.292 e. The SMILES string of the molecule is CCSC1CCC(Nc2cc(C#N)ccc2[N+](=O)[O-])C1. The van der Waals surface area contributed by atoms with Gasteiger partial charge < -0.3 is 5.32 Å². The Morgan fingerprint density at radius 3 is 3.00 bits per heavy atom. The van der Waals surface area contributed by atoms with Crippen molar-refractivity contribution in [1.82, 2.24) is 0 Å². The van der Waals surface area contributed by atoms with Crippen molar-refractivity contribution in [2.24, 2.45) is 0 Å². The van der Waals surface area contributed by atoms with Crippen molar-refractivity contribution in [1.29, 1.82) is 5.26 Å². The second-order valence-corrected chi connectivity index (χ2v) is 6.41. The van der Waals surface area contributed by atoms with Gasteiger partial charge in [0.2, 0.25) is 0 Å². The Kier molecular flexibility index (Phi) is 4.85. The van der Waals surface area contributed by atoms with E-state index in [1.165, 1.54) is 12.1 Å². The van der Waals surface area contributed by atoms with Crippen LogP contribution in [0.1, 0.15) is 31.7 Å². The molecular formula is C14H17N3O2S. The molecule has 0 aliphatic heterocycles. The van der Waals surface area contributed by atoms with Crippen LogP contribution < -0.4 is 5.32 Å². The molecule has 0 bridgehead atoms. The number of anilines is 1. The molecule has 1 aromatic carbocycles. The normalized spacial score (nSPS) is 21.4. The van der Waals surface area contributed by atoms with Gasteiger partial charge in [-0.05, 0) is 37.1 Å². The van der Waals surface area contributed by atoms with Gasteiger partial charge in [-0.15, -0.1) is 0 Å². The fourth-order valence-electron chi connectivity index (χ4n) is 2.56. The van der Waals surface area contributed by atoms with Crippen molar-refractivity contribution in [3.05, 3.63) is 33.9 Å². The average Bonchev–Trinajstić information content (AvgIpc) is 2.86. The Balaban J connectivity index is 2.12. The van der Waals surface area contributed by atoms with Gasteiger partial charge in [-0.1, -0.05) is 6.92 Å². The molecule has 2 rings (SSSR count). The Labute approximate surface area is 122 Å². The van der Waals surface area contributed by atoms with Gasteiger partial charge in [0.1, 0.15) is 5.69 Å². The van der Waals surface area contributed by atoms with Gasteiger partial charge in [-0.2, -0.15) is 17.0 Å². The van der Waals surface area contributed by atoms with Crippen LogP contribution in [0.2, 0.25) is 0 Å². The van der Waals surface area contributed by atoms with Crippen LogP contribution in [0, 0.1) is 21.4 Å². The van der Waals surface area contributed by atoms with Gasteiger partial charge in [0.25, 0.3) is 5.69 Å². The summed E-state index contributed by atoms with van der Waals surface area (Å²) >= 11 is 1.95. The number of nitro benzene ring substituents is 1. The van der Waals surface area contributed by atoms with E-state index in [0.29, 0.717) is 16.5 Å². The molecule has 0 amide bonds. The first-order valence-corrected chi connectivity index (χ1v) is 7.75. The molecule has 0 heterocycles. The van der Waals surface area contributed by atoms with Crippen LogP contribution in [0.4, 0.5) is 11.4 Å². The Morgan fingerprint density at radius 1 is 1.55 bits per heavy atom. The monoisotopic (exact) mass is 291 g/mol. The molecule has 2 unspecified atom stereocenters. The predicted octanol–water partition coefficient (Wildman–Crippen LogP) is 3.55. The maximum absolute atomic E-state index is 11.0. The van der Waals surface area contributed by atoms with Crippen molar-refractivity contribution < 1.29 is 4.92 Å². The third-order valence-electron chi connectivity index (χ3n) is 3.47.